The standard InChI is InChI=1S/C10H16N2O/c1-9(13)10-5-4-6-12(10)8-7-11(2)3/h4-6H,7-8H2,1-3H3. The van der Waals surface area contributed by atoms with Crippen molar-refractivity contribution in [2.24, 2.45) is 0 Å². The SMILES string of the molecule is CC(=O)c1cccn1CCN(C)C. The van der Waals surface area contributed by atoms with Gasteiger partial charge in [-0.1, -0.05) is 0 Å². The van der Waals surface area contributed by atoms with E-state index < -0.39 is 0 Å². The van der Waals surface area contributed by atoms with Gasteiger partial charge in [0.25, 0.3) is 0 Å². The molecule has 0 aliphatic heterocycles. The lowest BCUT2D eigenvalue weighted by atomic mass is 10.3. The van der Waals surface area contributed by atoms with Gasteiger partial charge in [0, 0.05) is 26.2 Å². The summed E-state index contributed by atoms with van der Waals surface area (Å²) >= 11 is 0. The predicted molar refractivity (Wildman–Crippen MR) is 53.0 cm³/mol. The molecule has 0 fully saturated rings. The van der Waals surface area contributed by atoms with Crippen molar-refractivity contribution in [2.75, 3.05) is 20.6 Å². The van der Waals surface area contributed by atoms with Crippen molar-refractivity contribution in [3.05, 3.63) is 24.0 Å². The molecule has 0 atom stereocenters. The summed E-state index contributed by atoms with van der Waals surface area (Å²) in [7, 11) is 4.05. The third kappa shape index (κ3) is 2.70. The lowest BCUT2D eigenvalue weighted by molar-refractivity contribution is 0.100. The molecule has 0 N–H and O–H groups in total. The third-order valence-electron chi connectivity index (χ3n) is 1.98. The highest BCUT2D eigenvalue weighted by molar-refractivity contribution is 5.92. The summed E-state index contributed by atoms with van der Waals surface area (Å²) in [6.45, 7) is 3.42. The van der Waals surface area contributed by atoms with Gasteiger partial charge in [-0.15, -0.1) is 0 Å². The van der Waals surface area contributed by atoms with Gasteiger partial charge in [0.1, 0.15) is 0 Å². The lowest BCUT2D eigenvalue weighted by Crippen LogP contribution is -2.19. The Morgan fingerprint density at radius 3 is 2.77 bits per heavy atom. The fraction of sp³-hybridized carbons (Fsp3) is 0.500. The van der Waals surface area contributed by atoms with E-state index in [1.807, 2.05) is 37.0 Å². The average Bonchev–Trinajstić information content (AvgIpc) is 2.47. The summed E-state index contributed by atoms with van der Waals surface area (Å²) in [5.74, 6) is 0.128. The zero-order chi connectivity index (χ0) is 9.84. The van der Waals surface area contributed by atoms with Crippen molar-refractivity contribution in [3.8, 4) is 0 Å². The van der Waals surface area contributed by atoms with Gasteiger partial charge in [-0.25, -0.2) is 0 Å². The molecule has 0 spiro atoms. The second-order valence-corrected chi connectivity index (χ2v) is 3.45. The van der Waals surface area contributed by atoms with Crippen LogP contribution in [0, 0.1) is 0 Å². The molecule has 3 heteroatoms. The monoisotopic (exact) mass is 180 g/mol. The number of ketones is 1. The van der Waals surface area contributed by atoms with Crippen molar-refractivity contribution in [2.45, 2.75) is 13.5 Å². The zero-order valence-corrected chi connectivity index (χ0v) is 8.45. The van der Waals surface area contributed by atoms with Crippen LogP contribution in [0.3, 0.4) is 0 Å². The zero-order valence-electron chi connectivity index (χ0n) is 8.45. The molecule has 1 aromatic rings. The number of Topliss-reactive ketones (excluding diaryl/α,β-unsaturated/α-hetero) is 1. The third-order valence-corrected chi connectivity index (χ3v) is 1.98. The minimum atomic E-state index is 0.128. The topological polar surface area (TPSA) is 25.2 Å². The predicted octanol–water partition coefficient (Wildman–Crippen LogP) is 1.25. The van der Waals surface area contributed by atoms with Crippen LogP contribution in [0.25, 0.3) is 0 Å². The Morgan fingerprint density at radius 2 is 2.23 bits per heavy atom. The van der Waals surface area contributed by atoms with Crippen LogP contribution in [0.4, 0.5) is 0 Å². The quantitative estimate of drug-likeness (QED) is 0.652. The molecule has 0 aliphatic carbocycles. The molecule has 0 bridgehead atoms. The van der Waals surface area contributed by atoms with Gasteiger partial charge < -0.3 is 9.47 Å². The molecule has 3 nitrogen and oxygen atoms in total. The highest BCUT2D eigenvalue weighted by Crippen LogP contribution is 2.02. The molecule has 0 saturated heterocycles. The van der Waals surface area contributed by atoms with Gasteiger partial charge in [-0.05, 0) is 26.2 Å². The van der Waals surface area contributed by atoms with Crippen LogP contribution >= 0.6 is 0 Å². The Bertz CT molecular complexity index is 289. The fourth-order valence-electron chi connectivity index (χ4n) is 1.24. The first kappa shape index (κ1) is 9.99. The molecular weight excluding hydrogens is 164 g/mol. The number of carbonyl (C=O) groups excluding carboxylic acids is 1. The van der Waals surface area contributed by atoms with Gasteiger partial charge in [0.05, 0.1) is 5.69 Å². The normalized spacial score (nSPS) is 10.8. The molecule has 1 aromatic heterocycles. The van der Waals surface area contributed by atoms with Gasteiger partial charge in [0.15, 0.2) is 5.78 Å². The maximum absolute atomic E-state index is 11.1. The molecule has 0 unspecified atom stereocenters. The molecule has 0 saturated carbocycles. The number of nitrogens with zero attached hydrogens (tertiary/aromatic N) is 2. The van der Waals surface area contributed by atoms with E-state index in [2.05, 4.69) is 4.90 Å². The maximum Gasteiger partial charge on any atom is 0.176 e. The number of rotatable bonds is 4. The molecule has 1 heterocycles. The number of hydrogen-bond donors (Lipinski definition) is 0. The molecular formula is C10H16N2O. The van der Waals surface area contributed by atoms with Crippen LogP contribution in [0.2, 0.25) is 0 Å². The van der Waals surface area contributed by atoms with Gasteiger partial charge >= 0.3 is 0 Å². The van der Waals surface area contributed by atoms with E-state index in [1.54, 1.807) is 6.92 Å². The molecule has 0 aliphatic rings. The summed E-state index contributed by atoms with van der Waals surface area (Å²) in [5.41, 5.74) is 0.793. The van der Waals surface area contributed by atoms with Crippen LogP contribution in [-0.2, 0) is 6.54 Å². The van der Waals surface area contributed by atoms with E-state index in [0.29, 0.717) is 0 Å². The molecule has 1 rings (SSSR count). The number of carbonyl (C=O) groups is 1. The maximum atomic E-state index is 11.1. The second-order valence-electron chi connectivity index (χ2n) is 3.45. The number of likely N-dealkylation sites (N-methyl/N-ethyl adjacent to an activating group) is 1. The van der Waals surface area contributed by atoms with Crippen LogP contribution < -0.4 is 0 Å². The fourth-order valence-corrected chi connectivity index (χ4v) is 1.24. The van der Waals surface area contributed by atoms with Gasteiger partial charge in [-0.2, -0.15) is 0 Å². The van der Waals surface area contributed by atoms with Crippen molar-refractivity contribution in [3.63, 3.8) is 0 Å². The minimum Gasteiger partial charge on any atom is -0.344 e. The first-order valence-electron chi connectivity index (χ1n) is 4.42. The van der Waals surface area contributed by atoms with Crippen molar-refractivity contribution in [1.29, 1.82) is 0 Å². The summed E-state index contributed by atoms with van der Waals surface area (Å²) in [6, 6.07) is 3.77. The lowest BCUT2D eigenvalue weighted by Gasteiger charge is -2.11. The van der Waals surface area contributed by atoms with Gasteiger partial charge in [-0.3, -0.25) is 4.79 Å². The first-order chi connectivity index (χ1) is 6.11. The highest BCUT2D eigenvalue weighted by atomic mass is 16.1. The van der Waals surface area contributed by atoms with E-state index in [1.165, 1.54) is 0 Å². The van der Waals surface area contributed by atoms with Crippen LogP contribution in [0.1, 0.15) is 17.4 Å². The van der Waals surface area contributed by atoms with Crippen LogP contribution in [-0.4, -0.2) is 35.9 Å². The van der Waals surface area contributed by atoms with E-state index in [-0.39, 0.29) is 5.78 Å². The van der Waals surface area contributed by atoms with Gasteiger partial charge in [0.2, 0.25) is 0 Å². The minimum absolute atomic E-state index is 0.128. The second kappa shape index (κ2) is 4.23. The Balaban J connectivity index is 2.65. The van der Waals surface area contributed by atoms with Crippen molar-refractivity contribution in [1.82, 2.24) is 9.47 Å². The summed E-state index contributed by atoms with van der Waals surface area (Å²) in [5, 5.41) is 0. The van der Waals surface area contributed by atoms with Crippen LogP contribution in [0.15, 0.2) is 18.3 Å². The van der Waals surface area contributed by atoms with Crippen LogP contribution in [0.5, 0.6) is 0 Å². The van der Waals surface area contributed by atoms with E-state index >= 15 is 0 Å². The van der Waals surface area contributed by atoms with E-state index in [0.717, 1.165) is 18.8 Å². The van der Waals surface area contributed by atoms with Crippen molar-refractivity contribution < 1.29 is 4.79 Å². The van der Waals surface area contributed by atoms with E-state index in [9.17, 15) is 4.79 Å². The Hall–Kier alpha value is -1.09. The average molecular weight is 180 g/mol. The molecule has 13 heavy (non-hydrogen) atoms. The largest absolute Gasteiger partial charge is 0.344 e. The summed E-state index contributed by atoms with van der Waals surface area (Å²) in [6.07, 6.45) is 1.94. The molecule has 0 radical (unpaired) electrons. The molecule has 72 valence electrons. The first-order valence-corrected chi connectivity index (χ1v) is 4.42. The Morgan fingerprint density at radius 1 is 1.54 bits per heavy atom. The Labute approximate surface area is 79.0 Å². The number of hydrogen-bond acceptors (Lipinski definition) is 2. The van der Waals surface area contributed by atoms with E-state index in [4.69, 9.17) is 0 Å². The summed E-state index contributed by atoms with van der Waals surface area (Å²) in [4.78, 5) is 13.2. The summed E-state index contributed by atoms with van der Waals surface area (Å²) < 4.78 is 1.99. The molecule has 0 amide bonds. The molecule has 0 aromatic carbocycles. The number of aromatic nitrogens is 1. The van der Waals surface area contributed by atoms with Crippen molar-refractivity contribution >= 4 is 5.78 Å². The Kier molecular flexibility index (Phi) is 3.25. The smallest absolute Gasteiger partial charge is 0.176 e. The highest BCUT2D eigenvalue weighted by Gasteiger charge is 2.04.